The summed E-state index contributed by atoms with van der Waals surface area (Å²) in [4.78, 5) is 26.9. The summed E-state index contributed by atoms with van der Waals surface area (Å²) in [6.45, 7) is 3.29. The van der Waals surface area contributed by atoms with Crippen LogP contribution >= 0.6 is 0 Å². The van der Waals surface area contributed by atoms with Gasteiger partial charge in [-0.15, -0.1) is 0 Å². The number of carbonyl (C=O) groups is 2. The van der Waals surface area contributed by atoms with Crippen molar-refractivity contribution in [2.24, 2.45) is 0 Å². The number of carbonyl (C=O) groups excluding carboxylic acids is 1. The second-order valence-corrected chi connectivity index (χ2v) is 4.78. The van der Waals surface area contributed by atoms with Gasteiger partial charge in [-0.2, -0.15) is 4.39 Å². The van der Waals surface area contributed by atoms with Crippen molar-refractivity contribution in [2.75, 3.05) is 7.11 Å². The average Bonchev–Trinajstić information content (AvgIpc) is 2.46. The lowest BCUT2D eigenvalue weighted by Gasteiger charge is -2.14. The van der Waals surface area contributed by atoms with Gasteiger partial charge >= 0.3 is 11.9 Å². The molecule has 0 fully saturated rings. The van der Waals surface area contributed by atoms with Crippen LogP contribution in [0, 0.1) is 19.8 Å². The summed E-state index contributed by atoms with van der Waals surface area (Å²) in [6, 6.07) is 6.75. The van der Waals surface area contributed by atoms with Crippen molar-refractivity contribution < 1.29 is 23.8 Å². The van der Waals surface area contributed by atoms with E-state index in [1.165, 1.54) is 14.0 Å². The summed E-state index contributed by atoms with van der Waals surface area (Å²) in [5.41, 5.74) is 0.716. The van der Waals surface area contributed by atoms with Crippen molar-refractivity contribution in [1.29, 1.82) is 0 Å². The lowest BCUT2D eigenvalue weighted by molar-refractivity contribution is 0.0600. The van der Waals surface area contributed by atoms with Crippen LogP contribution in [0.4, 0.5) is 4.39 Å². The lowest BCUT2D eigenvalue weighted by atomic mass is 9.93. The Morgan fingerprint density at radius 2 is 1.73 bits per heavy atom. The topological polar surface area (TPSA) is 76.5 Å². The van der Waals surface area contributed by atoms with Crippen molar-refractivity contribution in [2.45, 2.75) is 13.8 Å². The Kier molecular flexibility index (Phi) is 4.21. The van der Waals surface area contributed by atoms with E-state index in [9.17, 15) is 19.1 Å². The number of benzene rings is 1. The Hall–Kier alpha value is -2.76. The molecule has 2 rings (SSSR count). The number of halogens is 1. The minimum Gasteiger partial charge on any atom is -0.478 e. The van der Waals surface area contributed by atoms with E-state index >= 15 is 0 Å². The molecule has 1 aromatic carbocycles. The number of aryl methyl sites for hydroxylation is 2. The first-order valence-electron chi connectivity index (χ1n) is 6.45. The van der Waals surface area contributed by atoms with Crippen LogP contribution in [0.3, 0.4) is 0 Å². The van der Waals surface area contributed by atoms with Crippen LogP contribution < -0.4 is 0 Å². The number of ether oxygens (including phenoxy) is 1. The van der Waals surface area contributed by atoms with Crippen LogP contribution in [-0.2, 0) is 4.74 Å². The molecule has 0 aliphatic heterocycles. The van der Waals surface area contributed by atoms with Crippen molar-refractivity contribution in [3.05, 3.63) is 52.6 Å². The molecule has 0 saturated carbocycles. The van der Waals surface area contributed by atoms with Gasteiger partial charge in [0.2, 0.25) is 5.95 Å². The predicted octanol–water partition coefficient (Wildman–Crippen LogP) is 2.99. The van der Waals surface area contributed by atoms with Gasteiger partial charge in [-0.25, -0.2) is 14.6 Å². The summed E-state index contributed by atoms with van der Waals surface area (Å²) in [5.74, 6) is -3.39. The van der Waals surface area contributed by atoms with E-state index in [-0.39, 0.29) is 16.8 Å². The normalized spacial score (nSPS) is 10.4. The molecule has 0 amide bonds. The first-order chi connectivity index (χ1) is 10.4. The highest BCUT2D eigenvalue weighted by molar-refractivity contribution is 6.06. The van der Waals surface area contributed by atoms with Gasteiger partial charge < -0.3 is 9.84 Å². The third kappa shape index (κ3) is 2.67. The highest BCUT2D eigenvalue weighted by Crippen LogP contribution is 2.31. The molecule has 5 nitrogen and oxygen atoms in total. The van der Waals surface area contributed by atoms with Crippen molar-refractivity contribution in [1.82, 2.24) is 4.98 Å². The summed E-state index contributed by atoms with van der Waals surface area (Å²) in [7, 11) is 1.17. The Balaban J connectivity index is 2.90. The fourth-order valence-electron chi connectivity index (χ4n) is 2.22. The number of aromatic nitrogens is 1. The first kappa shape index (κ1) is 15.6. The van der Waals surface area contributed by atoms with E-state index in [0.717, 1.165) is 5.56 Å². The maximum Gasteiger partial charge on any atom is 0.341 e. The Morgan fingerprint density at radius 3 is 2.23 bits per heavy atom. The lowest BCUT2D eigenvalue weighted by Crippen LogP contribution is -2.15. The summed E-state index contributed by atoms with van der Waals surface area (Å²) < 4.78 is 18.7. The molecule has 22 heavy (non-hydrogen) atoms. The highest BCUT2D eigenvalue weighted by atomic mass is 19.1. The molecule has 1 N–H and O–H groups in total. The second-order valence-electron chi connectivity index (χ2n) is 4.78. The molecule has 0 atom stereocenters. The molecule has 0 aliphatic carbocycles. The largest absolute Gasteiger partial charge is 0.478 e. The Morgan fingerprint density at radius 1 is 1.14 bits per heavy atom. The van der Waals surface area contributed by atoms with Gasteiger partial charge in [0.25, 0.3) is 0 Å². The highest BCUT2D eigenvalue weighted by Gasteiger charge is 2.28. The molecule has 0 saturated heterocycles. The van der Waals surface area contributed by atoms with Crippen LogP contribution in [0.1, 0.15) is 32.0 Å². The molecule has 114 valence electrons. The van der Waals surface area contributed by atoms with Gasteiger partial charge in [-0.05, 0) is 19.4 Å². The maximum absolute atomic E-state index is 14.0. The van der Waals surface area contributed by atoms with Crippen LogP contribution in [0.5, 0.6) is 0 Å². The minimum absolute atomic E-state index is 0.0237. The number of nitrogens with zero attached hydrogens (tertiary/aromatic N) is 1. The second kappa shape index (κ2) is 5.93. The summed E-state index contributed by atoms with van der Waals surface area (Å²) in [5, 5.41) is 9.30. The molecule has 6 heteroatoms. The number of esters is 1. The molecule has 1 aromatic heterocycles. The van der Waals surface area contributed by atoms with Gasteiger partial charge in [0, 0.05) is 5.56 Å². The zero-order valence-electron chi connectivity index (χ0n) is 12.3. The Labute approximate surface area is 126 Å². The number of carboxylic acid groups (broad SMARTS) is 1. The minimum atomic E-state index is -1.49. The average molecular weight is 303 g/mol. The molecule has 0 unspecified atom stereocenters. The SMILES string of the molecule is COC(=O)c1c(C)nc(F)c(C(=O)O)c1-c1ccc(C)cc1. The maximum atomic E-state index is 14.0. The van der Waals surface area contributed by atoms with Crippen LogP contribution in [0.25, 0.3) is 11.1 Å². The van der Waals surface area contributed by atoms with E-state index < -0.39 is 23.4 Å². The van der Waals surface area contributed by atoms with Gasteiger partial charge in [0.15, 0.2) is 0 Å². The van der Waals surface area contributed by atoms with Gasteiger partial charge in [0.1, 0.15) is 5.56 Å². The number of hydrogen-bond acceptors (Lipinski definition) is 4. The van der Waals surface area contributed by atoms with Gasteiger partial charge in [-0.3, -0.25) is 0 Å². The molecular formula is C16H14FNO4. The van der Waals surface area contributed by atoms with Gasteiger partial charge in [-0.1, -0.05) is 29.8 Å². The van der Waals surface area contributed by atoms with E-state index in [1.54, 1.807) is 24.3 Å². The third-order valence-corrected chi connectivity index (χ3v) is 3.28. The van der Waals surface area contributed by atoms with E-state index in [4.69, 9.17) is 0 Å². The number of carboxylic acids is 1. The quantitative estimate of drug-likeness (QED) is 0.696. The number of pyridine rings is 1. The summed E-state index contributed by atoms with van der Waals surface area (Å²) in [6.07, 6.45) is 0. The van der Waals surface area contributed by atoms with E-state index in [2.05, 4.69) is 9.72 Å². The monoisotopic (exact) mass is 303 g/mol. The Bertz CT molecular complexity index is 754. The zero-order valence-corrected chi connectivity index (χ0v) is 12.3. The number of aromatic carboxylic acids is 1. The van der Waals surface area contributed by atoms with E-state index in [1.807, 2.05) is 6.92 Å². The summed E-state index contributed by atoms with van der Waals surface area (Å²) >= 11 is 0. The number of methoxy groups -OCH3 is 1. The molecule has 1 heterocycles. The molecule has 0 aliphatic rings. The third-order valence-electron chi connectivity index (χ3n) is 3.28. The van der Waals surface area contributed by atoms with Crippen molar-refractivity contribution >= 4 is 11.9 Å². The molecular weight excluding hydrogens is 289 g/mol. The van der Waals surface area contributed by atoms with Crippen molar-refractivity contribution in [3.8, 4) is 11.1 Å². The van der Waals surface area contributed by atoms with Crippen LogP contribution in [0.15, 0.2) is 24.3 Å². The predicted molar refractivity (Wildman–Crippen MR) is 77.4 cm³/mol. The van der Waals surface area contributed by atoms with Crippen molar-refractivity contribution in [3.63, 3.8) is 0 Å². The van der Waals surface area contributed by atoms with Crippen LogP contribution in [0.2, 0.25) is 0 Å². The molecule has 0 radical (unpaired) electrons. The van der Waals surface area contributed by atoms with Crippen LogP contribution in [-0.4, -0.2) is 29.1 Å². The fraction of sp³-hybridized carbons (Fsp3) is 0.188. The smallest absolute Gasteiger partial charge is 0.341 e. The van der Waals surface area contributed by atoms with Gasteiger partial charge in [0.05, 0.1) is 18.4 Å². The van der Waals surface area contributed by atoms with E-state index in [0.29, 0.717) is 5.56 Å². The molecule has 2 aromatic rings. The fourth-order valence-corrected chi connectivity index (χ4v) is 2.22. The molecule has 0 spiro atoms. The number of rotatable bonds is 3. The first-order valence-corrected chi connectivity index (χ1v) is 6.45. The zero-order chi connectivity index (χ0) is 16.4. The molecule has 0 bridgehead atoms. The number of hydrogen-bond donors (Lipinski definition) is 1. The standard InChI is InChI=1S/C16H14FNO4/c1-8-4-6-10(7-5-8)12-11(16(21)22-3)9(2)18-14(17)13(12)15(19)20/h4-7H,1-3H3,(H,19,20).